The van der Waals surface area contributed by atoms with Gasteiger partial charge in [0.05, 0.1) is 0 Å². The molecule has 0 saturated carbocycles. The van der Waals surface area contributed by atoms with Crippen molar-refractivity contribution in [3.05, 3.63) is 35.4 Å². The van der Waals surface area contributed by atoms with Gasteiger partial charge in [0.15, 0.2) is 0 Å². The van der Waals surface area contributed by atoms with Crippen LogP contribution in [0.3, 0.4) is 0 Å². The van der Waals surface area contributed by atoms with Crippen molar-refractivity contribution in [3.63, 3.8) is 0 Å². The van der Waals surface area contributed by atoms with Crippen LogP contribution in [0.1, 0.15) is 120 Å². The molecule has 0 aliphatic carbocycles. The molecule has 0 spiro atoms. The second-order valence-electron chi connectivity index (χ2n) is 8.40. The molecule has 1 amide bonds. The maximum absolute atomic E-state index is 13.0. The molecule has 0 heterocycles. The molecule has 0 aliphatic rings. The maximum Gasteiger partial charge on any atom is 0.253 e. The molecule has 0 saturated heterocycles. The minimum Gasteiger partial charge on any atom is -0.339 e. The van der Waals surface area contributed by atoms with Gasteiger partial charge in [-0.3, -0.25) is 4.79 Å². The Morgan fingerprint density at radius 1 is 0.714 bits per heavy atom. The minimum atomic E-state index is 0.223. The van der Waals surface area contributed by atoms with Crippen molar-refractivity contribution in [2.45, 2.75) is 111 Å². The molecule has 1 rings (SSSR count). The van der Waals surface area contributed by atoms with Gasteiger partial charge in [0, 0.05) is 18.7 Å². The van der Waals surface area contributed by atoms with Gasteiger partial charge in [-0.2, -0.15) is 0 Å². The number of aryl methyl sites for hydroxylation is 1. The summed E-state index contributed by atoms with van der Waals surface area (Å²) in [6.07, 6.45) is 18.1. The number of amides is 1. The third-order valence-electron chi connectivity index (χ3n) is 5.62. The van der Waals surface area contributed by atoms with Crippen molar-refractivity contribution < 1.29 is 4.79 Å². The maximum atomic E-state index is 13.0. The number of hydrogen-bond acceptors (Lipinski definition) is 1. The topological polar surface area (TPSA) is 20.3 Å². The van der Waals surface area contributed by atoms with E-state index in [4.69, 9.17) is 0 Å². The van der Waals surface area contributed by atoms with Gasteiger partial charge in [0.2, 0.25) is 0 Å². The summed E-state index contributed by atoms with van der Waals surface area (Å²) in [7, 11) is 0. The summed E-state index contributed by atoms with van der Waals surface area (Å²) in [5.41, 5.74) is 2.02. The SMILES string of the molecule is CCCCCCCCCN(CCCCCCCCC)C(=O)c1cccc(C)c1. The molecular weight excluding hydrogens is 342 g/mol. The van der Waals surface area contributed by atoms with Crippen molar-refractivity contribution in [1.29, 1.82) is 0 Å². The number of nitrogens with zero attached hydrogens (tertiary/aromatic N) is 1. The van der Waals surface area contributed by atoms with Crippen LogP contribution in [-0.2, 0) is 0 Å². The number of carbonyl (C=O) groups is 1. The predicted octanol–water partition coefficient (Wildman–Crippen LogP) is 7.94. The van der Waals surface area contributed by atoms with E-state index in [1.165, 1.54) is 77.0 Å². The number of benzene rings is 1. The first-order chi connectivity index (χ1) is 13.7. The highest BCUT2D eigenvalue weighted by atomic mass is 16.2. The number of unbranched alkanes of at least 4 members (excludes halogenated alkanes) is 12. The number of hydrogen-bond donors (Lipinski definition) is 0. The summed E-state index contributed by atoms with van der Waals surface area (Å²) >= 11 is 0. The molecule has 160 valence electrons. The van der Waals surface area contributed by atoms with Crippen molar-refractivity contribution in [1.82, 2.24) is 4.90 Å². The molecule has 0 aromatic heterocycles. The molecule has 0 N–H and O–H groups in total. The lowest BCUT2D eigenvalue weighted by molar-refractivity contribution is 0.0749. The molecule has 1 aromatic carbocycles. The van der Waals surface area contributed by atoms with Gasteiger partial charge >= 0.3 is 0 Å². The van der Waals surface area contributed by atoms with Crippen LogP contribution in [0.4, 0.5) is 0 Å². The van der Waals surface area contributed by atoms with Gasteiger partial charge in [-0.25, -0.2) is 0 Å². The van der Waals surface area contributed by atoms with E-state index in [1.807, 2.05) is 18.2 Å². The molecule has 1 aromatic rings. The van der Waals surface area contributed by atoms with Gasteiger partial charge in [-0.05, 0) is 31.9 Å². The fourth-order valence-corrected chi connectivity index (χ4v) is 3.80. The average molecular weight is 388 g/mol. The van der Waals surface area contributed by atoms with E-state index in [0.717, 1.165) is 37.1 Å². The Labute approximate surface area is 175 Å². The monoisotopic (exact) mass is 387 g/mol. The summed E-state index contributed by atoms with van der Waals surface area (Å²) < 4.78 is 0. The average Bonchev–Trinajstić information content (AvgIpc) is 2.70. The highest BCUT2D eigenvalue weighted by Gasteiger charge is 2.15. The lowest BCUT2D eigenvalue weighted by atomic mass is 10.1. The van der Waals surface area contributed by atoms with Gasteiger partial charge in [-0.1, -0.05) is 109 Å². The zero-order valence-corrected chi connectivity index (χ0v) is 19.0. The minimum absolute atomic E-state index is 0.223. The van der Waals surface area contributed by atoms with Crippen molar-refractivity contribution in [2.75, 3.05) is 13.1 Å². The van der Waals surface area contributed by atoms with Gasteiger partial charge in [-0.15, -0.1) is 0 Å². The lowest BCUT2D eigenvalue weighted by Crippen LogP contribution is -2.33. The molecule has 0 fully saturated rings. The van der Waals surface area contributed by atoms with Crippen LogP contribution in [0.25, 0.3) is 0 Å². The Balaban J connectivity index is 2.41. The zero-order valence-electron chi connectivity index (χ0n) is 19.0. The smallest absolute Gasteiger partial charge is 0.253 e. The van der Waals surface area contributed by atoms with E-state index in [2.05, 4.69) is 31.7 Å². The second-order valence-corrected chi connectivity index (χ2v) is 8.40. The first kappa shape index (κ1) is 24.7. The van der Waals surface area contributed by atoms with E-state index in [1.54, 1.807) is 0 Å². The molecular formula is C26H45NO. The Morgan fingerprint density at radius 3 is 1.64 bits per heavy atom. The van der Waals surface area contributed by atoms with E-state index in [-0.39, 0.29) is 5.91 Å². The summed E-state index contributed by atoms with van der Waals surface area (Å²) in [4.78, 5) is 15.2. The van der Waals surface area contributed by atoms with Crippen molar-refractivity contribution in [3.8, 4) is 0 Å². The van der Waals surface area contributed by atoms with E-state index >= 15 is 0 Å². The van der Waals surface area contributed by atoms with Crippen molar-refractivity contribution in [2.24, 2.45) is 0 Å². The normalized spacial score (nSPS) is 11.0. The van der Waals surface area contributed by atoms with Crippen LogP contribution in [0.15, 0.2) is 24.3 Å². The zero-order chi connectivity index (χ0) is 20.5. The number of carbonyl (C=O) groups excluding carboxylic acids is 1. The predicted molar refractivity (Wildman–Crippen MR) is 123 cm³/mol. The van der Waals surface area contributed by atoms with E-state index in [0.29, 0.717) is 0 Å². The molecule has 2 heteroatoms. The summed E-state index contributed by atoms with van der Waals surface area (Å²) in [5.74, 6) is 0.223. The van der Waals surface area contributed by atoms with Crippen LogP contribution in [0.5, 0.6) is 0 Å². The first-order valence-electron chi connectivity index (χ1n) is 12.0. The Bertz CT molecular complexity index is 493. The standard InChI is InChI=1S/C26H45NO/c1-4-6-8-10-12-14-16-21-27(22-17-15-13-11-9-7-5-2)26(28)25-20-18-19-24(3)23-25/h18-20,23H,4-17,21-22H2,1-3H3. The highest BCUT2D eigenvalue weighted by Crippen LogP contribution is 2.13. The highest BCUT2D eigenvalue weighted by molar-refractivity contribution is 5.94. The first-order valence-corrected chi connectivity index (χ1v) is 12.0. The van der Waals surface area contributed by atoms with Crippen LogP contribution in [-0.4, -0.2) is 23.9 Å². The quantitative estimate of drug-likeness (QED) is 0.248. The second kappa shape index (κ2) is 16.6. The van der Waals surface area contributed by atoms with Gasteiger partial charge in [0.25, 0.3) is 5.91 Å². The Morgan fingerprint density at radius 2 is 1.18 bits per heavy atom. The molecule has 2 nitrogen and oxygen atoms in total. The summed E-state index contributed by atoms with van der Waals surface area (Å²) in [6, 6.07) is 8.07. The lowest BCUT2D eigenvalue weighted by Gasteiger charge is -2.23. The Kier molecular flexibility index (Phi) is 14.7. The molecule has 0 unspecified atom stereocenters. The van der Waals surface area contributed by atoms with Crippen molar-refractivity contribution >= 4 is 5.91 Å². The third-order valence-corrected chi connectivity index (χ3v) is 5.62. The van der Waals surface area contributed by atoms with Crippen LogP contribution in [0, 0.1) is 6.92 Å². The molecule has 0 aliphatic heterocycles. The largest absolute Gasteiger partial charge is 0.339 e. The summed E-state index contributed by atoms with van der Waals surface area (Å²) in [6.45, 7) is 8.41. The molecule has 28 heavy (non-hydrogen) atoms. The van der Waals surface area contributed by atoms with Gasteiger partial charge < -0.3 is 4.90 Å². The van der Waals surface area contributed by atoms with E-state index < -0.39 is 0 Å². The third kappa shape index (κ3) is 11.5. The van der Waals surface area contributed by atoms with Crippen LogP contribution < -0.4 is 0 Å². The van der Waals surface area contributed by atoms with Gasteiger partial charge in [0.1, 0.15) is 0 Å². The fourth-order valence-electron chi connectivity index (χ4n) is 3.80. The van der Waals surface area contributed by atoms with E-state index in [9.17, 15) is 4.79 Å². The number of rotatable bonds is 17. The summed E-state index contributed by atoms with van der Waals surface area (Å²) in [5, 5.41) is 0. The van der Waals surface area contributed by atoms with Crippen LogP contribution >= 0.6 is 0 Å². The molecule has 0 bridgehead atoms. The molecule has 0 atom stereocenters. The Hall–Kier alpha value is -1.31. The molecule has 0 radical (unpaired) electrons. The fraction of sp³-hybridized carbons (Fsp3) is 0.731. The van der Waals surface area contributed by atoms with Crippen LogP contribution in [0.2, 0.25) is 0 Å².